The van der Waals surface area contributed by atoms with Crippen molar-refractivity contribution >= 4 is 10.1 Å². The minimum atomic E-state index is -4.18. The Labute approximate surface area is 182 Å². The van der Waals surface area contributed by atoms with Crippen LogP contribution in [0.5, 0.6) is 11.5 Å². The maximum atomic E-state index is 11.1. The summed E-state index contributed by atoms with van der Waals surface area (Å²) in [7, 11) is -4.18. The van der Waals surface area contributed by atoms with Crippen molar-refractivity contribution in [3.05, 3.63) is 54.1 Å². The average Bonchev–Trinajstić information content (AvgIpc) is 2.73. The molecule has 0 heterocycles. The molecule has 0 fully saturated rings. The highest BCUT2D eigenvalue weighted by atomic mass is 32.2. The highest BCUT2D eigenvalue weighted by Gasteiger charge is 2.09. The fourth-order valence-electron chi connectivity index (χ4n) is 3.53. The molecule has 166 valence electrons. The van der Waals surface area contributed by atoms with Crippen molar-refractivity contribution in [3.63, 3.8) is 0 Å². The maximum Gasteiger partial charge on any atom is 0.294 e. The molecule has 4 nitrogen and oxygen atoms in total. The van der Waals surface area contributed by atoms with Gasteiger partial charge in [0.05, 0.1) is 4.90 Å². The first-order chi connectivity index (χ1) is 14.5. The number of hydrogen-bond donors (Lipinski definition) is 1. The molecule has 0 bridgehead atoms. The van der Waals surface area contributed by atoms with Crippen molar-refractivity contribution in [2.24, 2.45) is 0 Å². The van der Waals surface area contributed by atoms with Gasteiger partial charge < -0.3 is 4.74 Å². The van der Waals surface area contributed by atoms with E-state index in [1.807, 2.05) is 12.1 Å². The monoisotopic (exact) mass is 432 g/mol. The van der Waals surface area contributed by atoms with E-state index in [-0.39, 0.29) is 4.90 Å². The molecule has 0 aliphatic rings. The largest absolute Gasteiger partial charge is 0.457 e. The quantitative estimate of drug-likeness (QED) is 0.233. The van der Waals surface area contributed by atoms with Crippen molar-refractivity contribution in [2.45, 2.75) is 88.9 Å². The molecule has 0 radical (unpaired) electrons. The Morgan fingerprint density at radius 1 is 0.667 bits per heavy atom. The molecular weight excluding hydrogens is 396 g/mol. The van der Waals surface area contributed by atoms with Crippen molar-refractivity contribution in [1.82, 2.24) is 0 Å². The van der Waals surface area contributed by atoms with Crippen LogP contribution in [0.25, 0.3) is 0 Å². The number of rotatable bonds is 15. The Bertz CT molecular complexity index is 811. The van der Waals surface area contributed by atoms with E-state index in [9.17, 15) is 8.42 Å². The van der Waals surface area contributed by atoms with Gasteiger partial charge in [0, 0.05) is 0 Å². The fourth-order valence-corrected chi connectivity index (χ4v) is 4.01. The minimum absolute atomic E-state index is 0.142. The second kappa shape index (κ2) is 13.5. The van der Waals surface area contributed by atoms with E-state index in [4.69, 9.17) is 9.29 Å². The van der Waals surface area contributed by atoms with Crippen molar-refractivity contribution in [3.8, 4) is 11.5 Å². The van der Waals surface area contributed by atoms with Crippen molar-refractivity contribution in [1.29, 1.82) is 0 Å². The summed E-state index contributed by atoms with van der Waals surface area (Å²) in [6.45, 7) is 2.26. The highest BCUT2D eigenvalue weighted by molar-refractivity contribution is 7.85. The maximum absolute atomic E-state index is 11.1. The van der Waals surface area contributed by atoms with E-state index >= 15 is 0 Å². The lowest BCUT2D eigenvalue weighted by molar-refractivity contribution is 0.478. The van der Waals surface area contributed by atoms with E-state index in [0.29, 0.717) is 11.5 Å². The van der Waals surface area contributed by atoms with E-state index in [1.54, 1.807) is 0 Å². The Balaban J connectivity index is 1.60. The van der Waals surface area contributed by atoms with Gasteiger partial charge in [0.1, 0.15) is 11.5 Å². The van der Waals surface area contributed by atoms with Crippen molar-refractivity contribution in [2.75, 3.05) is 0 Å². The van der Waals surface area contributed by atoms with Gasteiger partial charge in [-0.1, -0.05) is 83.3 Å². The van der Waals surface area contributed by atoms with E-state index in [2.05, 4.69) is 19.1 Å². The van der Waals surface area contributed by atoms with Crippen LogP contribution in [-0.2, 0) is 16.5 Å². The third-order valence-corrected chi connectivity index (χ3v) is 6.22. The van der Waals surface area contributed by atoms with Gasteiger partial charge in [0.15, 0.2) is 0 Å². The summed E-state index contributed by atoms with van der Waals surface area (Å²) in [5.74, 6) is 1.23. The summed E-state index contributed by atoms with van der Waals surface area (Å²) in [6.07, 6.45) is 16.0. The van der Waals surface area contributed by atoms with E-state index in [0.717, 1.165) is 6.42 Å². The lowest BCUT2D eigenvalue weighted by atomic mass is 10.0. The van der Waals surface area contributed by atoms with Crippen LogP contribution in [0.1, 0.15) is 83.1 Å². The molecule has 30 heavy (non-hydrogen) atoms. The summed E-state index contributed by atoms with van der Waals surface area (Å²) in [5.41, 5.74) is 1.31. The van der Waals surface area contributed by atoms with Gasteiger partial charge in [-0.05, 0) is 54.8 Å². The third-order valence-electron chi connectivity index (χ3n) is 5.35. The molecule has 0 saturated carbocycles. The lowest BCUT2D eigenvalue weighted by Crippen LogP contribution is -1.97. The lowest BCUT2D eigenvalue weighted by Gasteiger charge is -2.08. The first-order valence-corrected chi connectivity index (χ1v) is 12.8. The first-order valence-electron chi connectivity index (χ1n) is 11.3. The van der Waals surface area contributed by atoms with Crippen molar-refractivity contribution < 1.29 is 17.7 Å². The van der Waals surface area contributed by atoms with Crippen LogP contribution in [0.3, 0.4) is 0 Å². The molecule has 2 rings (SSSR count). The molecule has 0 aliphatic heterocycles. The number of hydrogen-bond acceptors (Lipinski definition) is 3. The van der Waals surface area contributed by atoms with Gasteiger partial charge in [-0.3, -0.25) is 4.55 Å². The molecule has 0 aliphatic carbocycles. The van der Waals surface area contributed by atoms with Gasteiger partial charge in [-0.2, -0.15) is 8.42 Å². The number of unbranched alkanes of at least 4 members (excludes halogenated alkanes) is 10. The molecule has 0 spiro atoms. The Morgan fingerprint density at radius 3 is 1.57 bits per heavy atom. The molecule has 2 aromatic carbocycles. The zero-order valence-corrected chi connectivity index (χ0v) is 19.0. The Morgan fingerprint density at radius 2 is 1.10 bits per heavy atom. The predicted molar refractivity (Wildman–Crippen MR) is 123 cm³/mol. The van der Waals surface area contributed by atoms with Crippen LogP contribution < -0.4 is 4.74 Å². The molecule has 1 N–H and O–H groups in total. The van der Waals surface area contributed by atoms with E-state index < -0.39 is 10.1 Å². The molecule has 0 aromatic heterocycles. The van der Waals surface area contributed by atoms with Gasteiger partial charge in [-0.25, -0.2) is 0 Å². The number of aryl methyl sites for hydroxylation is 1. The molecule has 5 heteroatoms. The molecule has 0 amide bonds. The van der Waals surface area contributed by atoms with E-state index in [1.165, 1.54) is 100 Å². The van der Waals surface area contributed by atoms with Crippen LogP contribution in [0.15, 0.2) is 53.4 Å². The highest BCUT2D eigenvalue weighted by Crippen LogP contribution is 2.24. The standard InChI is InChI=1S/C25H36O4S/c1-2-3-4-5-6-7-8-9-10-11-12-13-22-14-16-23(17-15-22)29-24-18-20-25(21-19-24)30(26,27)28/h14-21H,2-13H2,1H3,(H,26,27,28). The fraction of sp³-hybridized carbons (Fsp3) is 0.520. The van der Waals surface area contributed by atoms with Gasteiger partial charge >= 0.3 is 0 Å². The SMILES string of the molecule is CCCCCCCCCCCCCc1ccc(Oc2ccc(S(=O)(=O)O)cc2)cc1. The summed E-state index contributed by atoms with van der Waals surface area (Å²) < 4.78 is 36.9. The van der Waals surface area contributed by atoms with Crippen LogP contribution >= 0.6 is 0 Å². The predicted octanol–water partition coefficient (Wildman–Crippen LogP) is 7.58. The zero-order valence-electron chi connectivity index (χ0n) is 18.2. The van der Waals surface area contributed by atoms with Crippen LogP contribution in [0.2, 0.25) is 0 Å². The number of benzene rings is 2. The zero-order chi connectivity index (χ0) is 21.7. The minimum Gasteiger partial charge on any atom is -0.457 e. The Kier molecular flexibility index (Phi) is 11.0. The van der Waals surface area contributed by atoms with Gasteiger partial charge in [0.2, 0.25) is 0 Å². The summed E-state index contributed by atoms with van der Waals surface area (Å²) >= 11 is 0. The summed E-state index contributed by atoms with van der Waals surface area (Å²) in [6, 6.07) is 13.7. The van der Waals surface area contributed by atoms with Crippen LogP contribution in [0, 0.1) is 0 Å². The van der Waals surface area contributed by atoms with Crippen LogP contribution in [-0.4, -0.2) is 13.0 Å². The smallest absolute Gasteiger partial charge is 0.294 e. The summed E-state index contributed by atoms with van der Waals surface area (Å²) in [5, 5.41) is 0. The Hall–Kier alpha value is -1.85. The molecule has 0 saturated heterocycles. The third kappa shape index (κ3) is 9.77. The normalized spacial score (nSPS) is 11.5. The van der Waals surface area contributed by atoms with Gasteiger partial charge in [-0.15, -0.1) is 0 Å². The average molecular weight is 433 g/mol. The van der Waals surface area contributed by atoms with Crippen LogP contribution in [0.4, 0.5) is 0 Å². The first kappa shape index (κ1) is 24.4. The molecule has 0 unspecified atom stereocenters. The second-order valence-corrected chi connectivity index (χ2v) is 9.40. The topological polar surface area (TPSA) is 63.6 Å². The summed E-state index contributed by atoms with van der Waals surface area (Å²) in [4.78, 5) is -0.142. The number of ether oxygens (including phenoxy) is 1. The molecule has 2 aromatic rings. The second-order valence-electron chi connectivity index (χ2n) is 7.98. The van der Waals surface area contributed by atoms with Gasteiger partial charge in [0.25, 0.3) is 10.1 Å². The molecule has 0 atom stereocenters. The molecular formula is C25H36O4S.